The minimum Gasteiger partial charge on any atom is -0.275 e. The van der Waals surface area contributed by atoms with Gasteiger partial charge in [0.25, 0.3) is 0 Å². The summed E-state index contributed by atoms with van der Waals surface area (Å²) in [6.07, 6.45) is 3.81. The van der Waals surface area contributed by atoms with E-state index in [9.17, 15) is 0 Å². The Balaban J connectivity index is 2.21. The predicted molar refractivity (Wildman–Crippen MR) is 64.0 cm³/mol. The lowest BCUT2D eigenvalue weighted by Crippen LogP contribution is -1.85. The van der Waals surface area contributed by atoms with Crippen molar-refractivity contribution in [3.05, 3.63) is 34.7 Å². The molecule has 2 aromatic rings. The summed E-state index contributed by atoms with van der Waals surface area (Å²) in [6, 6.07) is 4.01. The van der Waals surface area contributed by atoms with Crippen LogP contribution in [0.1, 0.15) is 5.69 Å². The zero-order valence-corrected chi connectivity index (χ0v) is 10.8. The van der Waals surface area contributed by atoms with Crippen LogP contribution in [-0.2, 0) is 7.05 Å². The fraction of sp³-hybridized carbons (Fsp3) is 0.200. The van der Waals surface area contributed by atoms with Crippen molar-refractivity contribution >= 4 is 27.7 Å². The summed E-state index contributed by atoms with van der Waals surface area (Å²) in [5.74, 6) is 0. The maximum Gasteiger partial charge on any atom is 0.101 e. The van der Waals surface area contributed by atoms with Crippen molar-refractivity contribution in [2.45, 2.75) is 16.8 Å². The van der Waals surface area contributed by atoms with Gasteiger partial charge in [0.05, 0.1) is 16.8 Å². The second-order valence-corrected chi connectivity index (χ2v) is 5.12. The van der Waals surface area contributed by atoms with Gasteiger partial charge in [-0.25, -0.2) is 4.98 Å². The molecule has 0 saturated heterocycles. The van der Waals surface area contributed by atoms with Gasteiger partial charge in [-0.15, -0.1) is 0 Å². The minimum atomic E-state index is 0.990. The quantitative estimate of drug-likeness (QED) is 0.849. The first-order valence-corrected chi connectivity index (χ1v) is 6.06. The van der Waals surface area contributed by atoms with Crippen LogP contribution in [-0.4, -0.2) is 14.8 Å². The van der Waals surface area contributed by atoms with Crippen molar-refractivity contribution < 1.29 is 0 Å². The van der Waals surface area contributed by atoms with E-state index in [-0.39, 0.29) is 0 Å². The molecular weight excluding hydrogens is 274 g/mol. The lowest BCUT2D eigenvalue weighted by Gasteiger charge is -2.00. The fourth-order valence-corrected chi connectivity index (χ4v) is 2.24. The molecular formula is C10H10BrN3S. The standard InChI is InChI=1S/C10H10BrN3S/c1-7-9(11)3-4-10(13-7)15-8-5-12-14(2)6-8/h3-6H,1-2H3. The molecule has 0 aromatic carbocycles. The van der Waals surface area contributed by atoms with Crippen LogP contribution in [0.25, 0.3) is 0 Å². The number of hydrogen-bond donors (Lipinski definition) is 0. The van der Waals surface area contributed by atoms with E-state index >= 15 is 0 Å². The third-order valence-corrected chi connectivity index (χ3v) is 3.62. The van der Waals surface area contributed by atoms with Gasteiger partial charge in [0, 0.05) is 17.7 Å². The second-order valence-electron chi connectivity index (χ2n) is 3.17. The maximum atomic E-state index is 4.46. The Morgan fingerprint density at radius 2 is 2.20 bits per heavy atom. The normalized spacial score (nSPS) is 10.6. The van der Waals surface area contributed by atoms with Crippen molar-refractivity contribution in [1.29, 1.82) is 0 Å². The van der Waals surface area contributed by atoms with Crippen LogP contribution in [0.5, 0.6) is 0 Å². The number of aryl methyl sites for hydroxylation is 2. The number of aromatic nitrogens is 3. The van der Waals surface area contributed by atoms with Crippen LogP contribution in [0.4, 0.5) is 0 Å². The Morgan fingerprint density at radius 3 is 2.80 bits per heavy atom. The largest absolute Gasteiger partial charge is 0.275 e. The van der Waals surface area contributed by atoms with E-state index < -0.39 is 0 Å². The highest BCUT2D eigenvalue weighted by Crippen LogP contribution is 2.27. The molecule has 0 fully saturated rings. The zero-order valence-electron chi connectivity index (χ0n) is 8.44. The Kier molecular flexibility index (Phi) is 3.11. The molecule has 2 aromatic heterocycles. The zero-order chi connectivity index (χ0) is 10.8. The molecule has 0 amide bonds. The van der Waals surface area contributed by atoms with Gasteiger partial charge in [0.1, 0.15) is 5.03 Å². The molecule has 5 heteroatoms. The average Bonchev–Trinajstić information content (AvgIpc) is 2.58. The smallest absolute Gasteiger partial charge is 0.101 e. The Hall–Kier alpha value is -0.810. The van der Waals surface area contributed by atoms with E-state index in [4.69, 9.17) is 0 Å². The van der Waals surface area contributed by atoms with Crippen molar-refractivity contribution in [2.75, 3.05) is 0 Å². The highest BCUT2D eigenvalue weighted by molar-refractivity contribution is 9.10. The van der Waals surface area contributed by atoms with Crippen LogP contribution in [0.2, 0.25) is 0 Å². The van der Waals surface area contributed by atoms with Crippen LogP contribution in [0.15, 0.2) is 38.9 Å². The predicted octanol–water partition coefficient (Wildman–Crippen LogP) is 3.04. The monoisotopic (exact) mass is 283 g/mol. The Bertz CT molecular complexity index is 481. The summed E-state index contributed by atoms with van der Waals surface area (Å²) >= 11 is 5.05. The first-order chi connectivity index (χ1) is 7.15. The lowest BCUT2D eigenvalue weighted by molar-refractivity contribution is 0.766. The van der Waals surface area contributed by atoms with Crippen LogP contribution < -0.4 is 0 Å². The molecule has 0 spiro atoms. The number of hydrogen-bond acceptors (Lipinski definition) is 3. The van der Waals surface area contributed by atoms with E-state index in [1.54, 1.807) is 16.4 Å². The first kappa shape index (κ1) is 10.7. The van der Waals surface area contributed by atoms with E-state index in [0.29, 0.717) is 0 Å². The molecule has 0 bridgehead atoms. The number of rotatable bonds is 2. The van der Waals surface area contributed by atoms with Gasteiger partial charge in [0.15, 0.2) is 0 Å². The number of nitrogens with zero attached hydrogens (tertiary/aromatic N) is 3. The molecule has 0 N–H and O–H groups in total. The van der Waals surface area contributed by atoms with Crippen molar-refractivity contribution in [2.24, 2.45) is 7.05 Å². The second kappa shape index (κ2) is 4.37. The summed E-state index contributed by atoms with van der Waals surface area (Å²) in [5.41, 5.74) is 1.00. The van der Waals surface area contributed by atoms with Crippen LogP contribution in [0.3, 0.4) is 0 Å². The summed E-state index contributed by atoms with van der Waals surface area (Å²) in [4.78, 5) is 5.56. The van der Waals surface area contributed by atoms with Gasteiger partial charge in [-0.1, -0.05) is 11.8 Å². The number of pyridine rings is 1. The first-order valence-electron chi connectivity index (χ1n) is 4.45. The lowest BCUT2D eigenvalue weighted by atomic mass is 10.4. The van der Waals surface area contributed by atoms with Crippen molar-refractivity contribution in [3.8, 4) is 0 Å². The van der Waals surface area contributed by atoms with Gasteiger partial charge in [0.2, 0.25) is 0 Å². The van der Waals surface area contributed by atoms with Crippen molar-refractivity contribution in [1.82, 2.24) is 14.8 Å². The van der Waals surface area contributed by atoms with Crippen molar-refractivity contribution in [3.63, 3.8) is 0 Å². The minimum absolute atomic E-state index is 0.990. The van der Waals surface area contributed by atoms with Crippen LogP contribution >= 0.6 is 27.7 Å². The SMILES string of the molecule is Cc1nc(Sc2cnn(C)c2)ccc1Br. The maximum absolute atomic E-state index is 4.46. The van der Waals surface area contributed by atoms with Gasteiger partial charge in [-0.3, -0.25) is 4.68 Å². The number of halogens is 1. The van der Waals surface area contributed by atoms with E-state index in [1.165, 1.54) is 0 Å². The van der Waals surface area contributed by atoms with E-state index in [0.717, 1.165) is 20.1 Å². The average molecular weight is 284 g/mol. The molecule has 0 radical (unpaired) electrons. The highest BCUT2D eigenvalue weighted by Gasteiger charge is 2.03. The summed E-state index contributed by atoms with van der Waals surface area (Å²) in [5, 5.41) is 5.10. The molecule has 15 heavy (non-hydrogen) atoms. The molecule has 0 aliphatic rings. The van der Waals surface area contributed by atoms with E-state index in [1.807, 2.05) is 38.5 Å². The molecule has 0 aliphatic carbocycles. The van der Waals surface area contributed by atoms with E-state index in [2.05, 4.69) is 26.0 Å². The Morgan fingerprint density at radius 1 is 1.40 bits per heavy atom. The molecule has 2 heterocycles. The topological polar surface area (TPSA) is 30.7 Å². The fourth-order valence-electron chi connectivity index (χ4n) is 1.15. The van der Waals surface area contributed by atoms with Gasteiger partial charge >= 0.3 is 0 Å². The molecule has 0 unspecified atom stereocenters. The Labute approximate surface area is 101 Å². The molecule has 2 rings (SSSR count). The highest BCUT2D eigenvalue weighted by atomic mass is 79.9. The summed E-state index contributed by atoms with van der Waals surface area (Å²) < 4.78 is 2.83. The van der Waals surface area contributed by atoms with Gasteiger partial charge in [-0.05, 0) is 35.0 Å². The molecule has 0 saturated carbocycles. The summed E-state index contributed by atoms with van der Waals surface area (Å²) in [6.45, 7) is 1.98. The molecule has 0 atom stereocenters. The van der Waals surface area contributed by atoms with Gasteiger partial charge < -0.3 is 0 Å². The van der Waals surface area contributed by atoms with Gasteiger partial charge in [-0.2, -0.15) is 5.10 Å². The summed E-state index contributed by atoms with van der Waals surface area (Å²) in [7, 11) is 1.91. The van der Waals surface area contributed by atoms with Crippen LogP contribution in [0, 0.1) is 6.92 Å². The molecule has 0 aliphatic heterocycles. The molecule has 78 valence electrons. The third-order valence-electron chi connectivity index (χ3n) is 1.90. The molecule has 3 nitrogen and oxygen atoms in total. The third kappa shape index (κ3) is 2.60.